The number of halogens is 1. The van der Waals surface area contributed by atoms with Crippen LogP contribution in [-0.2, 0) is 6.54 Å². The molecule has 0 spiro atoms. The monoisotopic (exact) mass is 498 g/mol. The van der Waals surface area contributed by atoms with Gasteiger partial charge in [-0.25, -0.2) is 0 Å². The van der Waals surface area contributed by atoms with Crippen LogP contribution in [0.5, 0.6) is 0 Å². The number of likely N-dealkylation sites (tertiary alicyclic amines) is 1. The molecule has 2 aromatic rings. The molecule has 4 nitrogen and oxygen atoms in total. The van der Waals surface area contributed by atoms with Gasteiger partial charge in [0.05, 0.1) is 0 Å². The molecule has 0 saturated carbocycles. The highest BCUT2D eigenvalue weighted by Gasteiger charge is 2.31. The van der Waals surface area contributed by atoms with Crippen LogP contribution in [0.25, 0.3) is 0 Å². The summed E-state index contributed by atoms with van der Waals surface area (Å²) in [5.74, 6) is 1.48. The van der Waals surface area contributed by atoms with Gasteiger partial charge >= 0.3 is 0 Å². The average Bonchev–Trinajstić information content (AvgIpc) is 3.17. The molecule has 6 heteroatoms. The lowest BCUT2D eigenvalue weighted by Crippen LogP contribution is -2.44. The molecular weight excluding hydrogens is 467 g/mol. The molecule has 1 fully saturated rings. The number of hydrogen-bond donors (Lipinski definition) is 2. The summed E-state index contributed by atoms with van der Waals surface area (Å²) in [5.41, 5.74) is 2.56. The van der Waals surface area contributed by atoms with Crippen LogP contribution in [0.2, 0.25) is 0 Å². The first-order valence-corrected chi connectivity index (χ1v) is 10.3. The summed E-state index contributed by atoms with van der Waals surface area (Å²) in [6.07, 6.45) is 2.52. The predicted octanol–water partition coefficient (Wildman–Crippen LogP) is 4.42. The second-order valence-corrected chi connectivity index (χ2v) is 8.11. The molecule has 0 bridgehead atoms. The van der Waals surface area contributed by atoms with Gasteiger partial charge in [-0.3, -0.25) is 9.89 Å². The van der Waals surface area contributed by atoms with E-state index in [9.17, 15) is 0 Å². The lowest BCUT2D eigenvalue weighted by atomic mass is 9.88. The third kappa shape index (κ3) is 6.19. The summed E-state index contributed by atoms with van der Waals surface area (Å²) < 4.78 is 0. The van der Waals surface area contributed by atoms with E-state index in [1.165, 1.54) is 35.4 Å². The van der Waals surface area contributed by atoms with Crippen molar-refractivity contribution in [3.05, 3.63) is 57.8 Å². The van der Waals surface area contributed by atoms with Gasteiger partial charge in [0.1, 0.15) is 0 Å². The minimum atomic E-state index is 0. The number of aliphatic imine (C=N–C) groups is 1. The number of hydrogen-bond acceptors (Lipinski definition) is 3. The molecule has 2 atom stereocenters. The minimum Gasteiger partial charge on any atom is -0.356 e. The van der Waals surface area contributed by atoms with Crippen LogP contribution in [0.15, 0.2) is 46.8 Å². The van der Waals surface area contributed by atoms with E-state index in [0.29, 0.717) is 12.0 Å². The Hall–Kier alpha value is -1.12. The first-order valence-electron chi connectivity index (χ1n) is 9.41. The van der Waals surface area contributed by atoms with Crippen molar-refractivity contribution in [2.24, 2.45) is 10.9 Å². The molecule has 1 aliphatic heterocycles. The molecule has 2 heterocycles. The number of nitrogens with one attached hydrogen (secondary N) is 2. The van der Waals surface area contributed by atoms with Gasteiger partial charge in [-0.1, -0.05) is 35.9 Å². The number of rotatable bonds is 5. The molecule has 1 aromatic carbocycles. The molecule has 1 aliphatic rings. The SMILES string of the molecule is CN=C(NCc1ccc(C)cc1)NCC1CCCN(C)C1c1cccs1.I. The van der Waals surface area contributed by atoms with Crippen LogP contribution in [0.1, 0.15) is 34.9 Å². The maximum atomic E-state index is 4.40. The zero-order valence-electron chi connectivity index (χ0n) is 16.4. The van der Waals surface area contributed by atoms with Gasteiger partial charge in [-0.15, -0.1) is 35.3 Å². The highest BCUT2D eigenvalue weighted by atomic mass is 127. The van der Waals surface area contributed by atoms with E-state index in [1.807, 2.05) is 18.4 Å². The Labute approximate surface area is 184 Å². The number of nitrogens with zero attached hydrogens (tertiary/aromatic N) is 2. The molecule has 1 aromatic heterocycles. The number of thiophene rings is 1. The molecule has 0 amide bonds. The average molecular weight is 498 g/mol. The molecule has 148 valence electrons. The molecular formula is C21H31IN4S. The van der Waals surface area contributed by atoms with Crippen LogP contribution in [0.4, 0.5) is 0 Å². The second kappa shape index (κ2) is 11.0. The number of aryl methyl sites for hydroxylation is 1. The molecule has 27 heavy (non-hydrogen) atoms. The van der Waals surface area contributed by atoms with E-state index < -0.39 is 0 Å². The number of guanidine groups is 1. The largest absolute Gasteiger partial charge is 0.356 e. The van der Waals surface area contributed by atoms with E-state index in [2.05, 4.69) is 76.3 Å². The minimum absolute atomic E-state index is 0. The van der Waals surface area contributed by atoms with Crippen molar-refractivity contribution in [2.75, 3.05) is 27.2 Å². The van der Waals surface area contributed by atoms with Gasteiger partial charge in [0, 0.05) is 31.1 Å². The van der Waals surface area contributed by atoms with Crippen molar-refractivity contribution >= 4 is 41.3 Å². The van der Waals surface area contributed by atoms with Crippen LogP contribution < -0.4 is 10.6 Å². The van der Waals surface area contributed by atoms with Crippen LogP contribution in [-0.4, -0.2) is 38.0 Å². The molecule has 0 radical (unpaired) electrons. The fraction of sp³-hybridized carbons (Fsp3) is 0.476. The first kappa shape index (κ1) is 22.2. The zero-order chi connectivity index (χ0) is 18.4. The maximum absolute atomic E-state index is 4.40. The van der Waals surface area contributed by atoms with Crippen molar-refractivity contribution < 1.29 is 0 Å². The number of benzene rings is 1. The van der Waals surface area contributed by atoms with Crippen molar-refractivity contribution in [3.63, 3.8) is 0 Å². The van der Waals surface area contributed by atoms with Gasteiger partial charge in [0.15, 0.2) is 5.96 Å². The maximum Gasteiger partial charge on any atom is 0.191 e. The third-order valence-electron chi connectivity index (χ3n) is 5.18. The fourth-order valence-corrected chi connectivity index (χ4v) is 4.71. The Morgan fingerprint density at radius 2 is 2.00 bits per heavy atom. The van der Waals surface area contributed by atoms with Crippen LogP contribution >= 0.6 is 35.3 Å². The summed E-state index contributed by atoms with van der Waals surface area (Å²) in [4.78, 5) is 8.37. The van der Waals surface area contributed by atoms with Crippen molar-refractivity contribution in [2.45, 2.75) is 32.4 Å². The quantitative estimate of drug-likeness (QED) is 0.364. The molecule has 1 saturated heterocycles. The predicted molar refractivity (Wildman–Crippen MR) is 127 cm³/mol. The lowest BCUT2D eigenvalue weighted by Gasteiger charge is -2.39. The van der Waals surface area contributed by atoms with Crippen molar-refractivity contribution in [1.29, 1.82) is 0 Å². The Morgan fingerprint density at radius 3 is 2.67 bits per heavy atom. The highest BCUT2D eigenvalue weighted by Crippen LogP contribution is 2.36. The van der Waals surface area contributed by atoms with Crippen molar-refractivity contribution in [1.82, 2.24) is 15.5 Å². The standard InChI is InChI=1S/C21H30N4S.HI/c1-16-8-10-17(11-9-16)14-23-21(22-2)24-15-18-6-4-12-25(3)20(18)19-7-5-13-26-19;/h5,7-11,13,18,20H,4,6,12,14-15H2,1-3H3,(H2,22,23,24);1H. The van der Waals surface area contributed by atoms with E-state index in [0.717, 1.165) is 19.0 Å². The summed E-state index contributed by atoms with van der Waals surface area (Å²) in [7, 11) is 4.09. The molecule has 3 rings (SSSR count). The van der Waals surface area contributed by atoms with Gasteiger partial charge < -0.3 is 10.6 Å². The topological polar surface area (TPSA) is 39.7 Å². The Morgan fingerprint density at radius 1 is 1.22 bits per heavy atom. The van der Waals surface area contributed by atoms with E-state index in [4.69, 9.17) is 0 Å². The van der Waals surface area contributed by atoms with Crippen molar-refractivity contribution in [3.8, 4) is 0 Å². The van der Waals surface area contributed by atoms with Gasteiger partial charge in [0.2, 0.25) is 0 Å². The Balaban J connectivity index is 0.00000261. The lowest BCUT2D eigenvalue weighted by molar-refractivity contribution is 0.125. The first-order chi connectivity index (χ1) is 12.7. The highest BCUT2D eigenvalue weighted by molar-refractivity contribution is 14.0. The summed E-state index contributed by atoms with van der Waals surface area (Å²) in [5, 5.41) is 9.17. The Bertz CT molecular complexity index is 699. The normalized spacial score (nSPS) is 20.8. The van der Waals surface area contributed by atoms with Crippen LogP contribution in [0.3, 0.4) is 0 Å². The molecule has 2 N–H and O–H groups in total. The van der Waals surface area contributed by atoms with E-state index in [1.54, 1.807) is 0 Å². The summed E-state index contributed by atoms with van der Waals surface area (Å²) in [6.45, 7) is 5.03. The molecule has 0 aliphatic carbocycles. The summed E-state index contributed by atoms with van der Waals surface area (Å²) in [6, 6.07) is 13.6. The summed E-state index contributed by atoms with van der Waals surface area (Å²) >= 11 is 1.87. The number of piperidine rings is 1. The second-order valence-electron chi connectivity index (χ2n) is 7.14. The zero-order valence-corrected chi connectivity index (χ0v) is 19.6. The van der Waals surface area contributed by atoms with E-state index in [-0.39, 0.29) is 24.0 Å². The van der Waals surface area contributed by atoms with Gasteiger partial charge in [-0.2, -0.15) is 0 Å². The third-order valence-corrected chi connectivity index (χ3v) is 6.12. The van der Waals surface area contributed by atoms with E-state index >= 15 is 0 Å². The fourth-order valence-electron chi connectivity index (χ4n) is 3.72. The molecule has 2 unspecified atom stereocenters. The smallest absolute Gasteiger partial charge is 0.191 e. The van der Waals surface area contributed by atoms with Gasteiger partial charge in [-0.05, 0) is 56.3 Å². The van der Waals surface area contributed by atoms with Gasteiger partial charge in [0.25, 0.3) is 0 Å². The van der Waals surface area contributed by atoms with Crippen LogP contribution in [0, 0.1) is 12.8 Å². The Kier molecular flexibility index (Phi) is 9.05.